The summed E-state index contributed by atoms with van der Waals surface area (Å²) in [5, 5.41) is 0.435. The van der Waals surface area contributed by atoms with Gasteiger partial charge in [-0.1, -0.05) is 18.2 Å². The first-order chi connectivity index (χ1) is 12.2. The summed E-state index contributed by atoms with van der Waals surface area (Å²) in [5.74, 6) is -4.57. The number of ether oxygens (including phenoxy) is 4. The highest BCUT2D eigenvalue weighted by molar-refractivity contribution is 6.30. The molecule has 1 aromatic rings. The van der Waals surface area contributed by atoms with Gasteiger partial charge in [0.15, 0.2) is 0 Å². The van der Waals surface area contributed by atoms with Gasteiger partial charge < -0.3 is 18.9 Å². The fourth-order valence-electron chi connectivity index (χ4n) is 2.06. The van der Waals surface area contributed by atoms with Crippen LogP contribution in [0.5, 0.6) is 5.75 Å². The molecule has 9 heteroatoms. The van der Waals surface area contributed by atoms with Gasteiger partial charge in [-0.3, -0.25) is 14.4 Å². The molecule has 0 atom stereocenters. The molecule has 8 nitrogen and oxygen atoms in total. The van der Waals surface area contributed by atoms with E-state index in [2.05, 4.69) is 20.8 Å². The molecule has 0 radical (unpaired) electrons. The molecule has 26 heavy (non-hydrogen) atoms. The second kappa shape index (κ2) is 9.00. The van der Waals surface area contributed by atoms with Crippen molar-refractivity contribution in [1.29, 1.82) is 0 Å². The van der Waals surface area contributed by atoms with Crippen LogP contribution < -0.4 is 4.74 Å². The topological polar surface area (TPSA) is 105 Å². The predicted molar refractivity (Wildman–Crippen MR) is 89.3 cm³/mol. The largest absolute Gasteiger partial charge is 0.468 e. The Morgan fingerprint density at radius 3 is 1.73 bits per heavy atom. The first kappa shape index (κ1) is 21.2. The lowest BCUT2D eigenvalue weighted by atomic mass is 9.81. The van der Waals surface area contributed by atoms with Gasteiger partial charge in [0.05, 0.1) is 21.3 Å². The van der Waals surface area contributed by atoms with Gasteiger partial charge in [0, 0.05) is 17.0 Å². The van der Waals surface area contributed by atoms with E-state index in [1.807, 2.05) is 0 Å². The van der Waals surface area contributed by atoms with Gasteiger partial charge in [-0.2, -0.15) is 0 Å². The van der Waals surface area contributed by atoms with Gasteiger partial charge in [0.1, 0.15) is 5.75 Å². The first-order valence-electron chi connectivity index (χ1n) is 7.13. The van der Waals surface area contributed by atoms with Crippen LogP contribution in [0.1, 0.15) is 6.42 Å². The minimum absolute atomic E-state index is 0.153. The van der Waals surface area contributed by atoms with Crippen molar-refractivity contribution in [3.8, 4) is 5.75 Å². The minimum atomic E-state index is -2.53. The molecule has 0 N–H and O–H groups in total. The number of rotatable bonds is 7. The zero-order chi connectivity index (χ0) is 19.9. The molecular formula is C17H17ClO8. The van der Waals surface area contributed by atoms with Crippen LogP contribution in [-0.4, -0.2) is 45.2 Å². The van der Waals surface area contributed by atoms with E-state index in [1.165, 1.54) is 24.3 Å². The molecule has 140 valence electrons. The molecule has 0 aliphatic carbocycles. The van der Waals surface area contributed by atoms with Crippen molar-refractivity contribution >= 4 is 35.5 Å². The van der Waals surface area contributed by atoms with Crippen molar-refractivity contribution in [3.05, 3.63) is 41.4 Å². The van der Waals surface area contributed by atoms with E-state index >= 15 is 0 Å². The lowest BCUT2D eigenvalue weighted by Gasteiger charge is -2.25. The quantitative estimate of drug-likeness (QED) is 0.230. The molecule has 0 aliphatic rings. The fourth-order valence-corrected chi connectivity index (χ4v) is 2.19. The average molecular weight is 385 g/mol. The molecule has 0 heterocycles. The van der Waals surface area contributed by atoms with E-state index in [4.69, 9.17) is 16.3 Å². The first-order valence-corrected chi connectivity index (χ1v) is 7.51. The molecule has 1 aromatic carbocycles. The van der Waals surface area contributed by atoms with Crippen LogP contribution in [0, 0.1) is 5.41 Å². The van der Waals surface area contributed by atoms with Gasteiger partial charge in [0.25, 0.3) is 5.41 Å². The number of halogens is 1. The number of carbonyl (C=O) groups is 4. The normalized spacial score (nSPS) is 10.5. The van der Waals surface area contributed by atoms with Crippen molar-refractivity contribution in [2.24, 2.45) is 5.41 Å². The van der Waals surface area contributed by atoms with E-state index in [9.17, 15) is 19.2 Å². The number of benzene rings is 1. The van der Waals surface area contributed by atoms with E-state index in [0.717, 1.165) is 21.3 Å². The standard InChI is InChI=1S/C17H17ClO8/c1-10(13(19)26-12-7-5-11(18)6-8-12)9-17(14(20)23-2,15(21)24-3)16(22)25-4/h5-8H,1,9H2,2-4H3. The summed E-state index contributed by atoms with van der Waals surface area (Å²) < 4.78 is 18.6. The number of methoxy groups -OCH3 is 3. The summed E-state index contributed by atoms with van der Waals surface area (Å²) >= 11 is 5.74. The van der Waals surface area contributed by atoms with Crippen LogP contribution in [0.15, 0.2) is 36.4 Å². The van der Waals surface area contributed by atoms with E-state index in [1.54, 1.807) is 0 Å². The Kier molecular flexibility index (Phi) is 7.33. The summed E-state index contributed by atoms with van der Waals surface area (Å²) in [4.78, 5) is 48.7. The van der Waals surface area contributed by atoms with Gasteiger partial charge in [-0.15, -0.1) is 0 Å². The molecule has 0 unspecified atom stereocenters. The van der Waals surface area contributed by atoms with Crippen molar-refractivity contribution < 1.29 is 38.1 Å². The maximum Gasteiger partial charge on any atom is 0.338 e. The van der Waals surface area contributed by atoms with Gasteiger partial charge in [-0.05, 0) is 24.3 Å². The summed E-state index contributed by atoms with van der Waals surface area (Å²) in [7, 11) is 2.91. The third-order valence-corrected chi connectivity index (χ3v) is 3.64. The third-order valence-electron chi connectivity index (χ3n) is 3.39. The van der Waals surface area contributed by atoms with Crippen molar-refractivity contribution in [2.75, 3.05) is 21.3 Å². The van der Waals surface area contributed by atoms with Gasteiger partial charge >= 0.3 is 23.9 Å². The molecule has 0 saturated carbocycles. The third kappa shape index (κ3) is 4.40. The van der Waals surface area contributed by atoms with Crippen molar-refractivity contribution in [1.82, 2.24) is 0 Å². The maximum atomic E-state index is 12.2. The molecule has 0 bridgehead atoms. The monoisotopic (exact) mass is 384 g/mol. The van der Waals surface area contributed by atoms with Crippen LogP contribution in [0.4, 0.5) is 0 Å². The van der Waals surface area contributed by atoms with Crippen LogP contribution in [0.3, 0.4) is 0 Å². The van der Waals surface area contributed by atoms with E-state index in [0.29, 0.717) is 5.02 Å². The number of carbonyl (C=O) groups excluding carboxylic acids is 4. The van der Waals surface area contributed by atoms with Crippen LogP contribution in [-0.2, 0) is 33.4 Å². The molecule has 0 spiro atoms. The summed E-state index contributed by atoms with van der Waals surface area (Å²) in [5.41, 5.74) is -2.88. The van der Waals surface area contributed by atoms with Gasteiger partial charge in [0.2, 0.25) is 0 Å². The number of hydrogen-bond acceptors (Lipinski definition) is 8. The number of hydrogen-bond donors (Lipinski definition) is 0. The zero-order valence-electron chi connectivity index (χ0n) is 14.4. The molecular weight excluding hydrogens is 368 g/mol. The highest BCUT2D eigenvalue weighted by Crippen LogP contribution is 2.32. The Labute approximate surface area is 154 Å². The Hall–Kier alpha value is -2.87. The van der Waals surface area contributed by atoms with Crippen molar-refractivity contribution in [2.45, 2.75) is 6.42 Å². The highest BCUT2D eigenvalue weighted by atomic mass is 35.5. The summed E-state index contributed by atoms with van der Waals surface area (Å²) in [6, 6.07) is 5.85. The number of esters is 4. The second-order valence-corrected chi connectivity index (χ2v) is 5.44. The molecule has 0 fully saturated rings. The van der Waals surface area contributed by atoms with E-state index < -0.39 is 35.7 Å². The lowest BCUT2D eigenvalue weighted by Crippen LogP contribution is -2.49. The Morgan fingerprint density at radius 1 is 0.923 bits per heavy atom. The molecule has 0 saturated heterocycles. The smallest absolute Gasteiger partial charge is 0.338 e. The van der Waals surface area contributed by atoms with E-state index in [-0.39, 0.29) is 11.3 Å². The Balaban J connectivity index is 3.12. The summed E-state index contributed by atoms with van der Waals surface area (Å²) in [6.07, 6.45) is -0.745. The SMILES string of the molecule is C=C(CC(C(=O)OC)(C(=O)OC)C(=O)OC)C(=O)Oc1ccc(Cl)cc1. The molecule has 1 rings (SSSR count). The second-order valence-electron chi connectivity index (χ2n) is 5.00. The molecule has 0 aliphatic heterocycles. The van der Waals surface area contributed by atoms with Crippen molar-refractivity contribution in [3.63, 3.8) is 0 Å². The average Bonchev–Trinajstić information content (AvgIpc) is 2.65. The van der Waals surface area contributed by atoms with Crippen LogP contribution in [0.2, 0.25) is 5.02 Å². The molecule has 0 aromatic heterocycles. The Morgan fingerprint density at radius 2 is 1.35 bits per heavy atom. The predicted octanol–water partition coefficient (Wildman–Crippen LogP) is 1.70. The van der Waals surface area contributed by atoms with Crippen LogP contribution >= 0.6 is 11.6 Å². The maximum absolute atomic E-state index is 12.2. The van der Waals surface area contributed by atoms with Gasteiger partial charge in [-0.25, -0.2) is 4.79 Å². The zero-order valence-corrected chi connectivity index (χ0v) is 15.1. The van der Waals surface area contributed by atoms with Crippen LogP contribution in [0.25, 0.3) is 0 Å². The highest BCUT2D eigenvalue weighted by Gasteiger charge is 2.57. The fraction of sp³-hybridized carbons (Fsp3) is 0.294. The minimum Gasteiger partial charge on any atom is -0.468 e. The Bertz CT molecular complexity index is 682. The summed E-state index contributed by atoms with van der Waals surface area (Å²) in [6.45, 7) is 3.48. The lowest BCUT2D eigenvalue weighted by molar-refractivity contribution is -0.180. The molecule has 0 amide bonds.